The fourth-order valence-electron chi connectivity index (χ4n) is 1.80. The predicted molar refractivity (Wildman–Crippen MR) is 59.1 cm³/mol. The summed E-state index contributed by atoms with van der Waals surface area (Å²) in [5, 5.41) is 6.04. The van der Waals surface area contributed by atoms with Gasteiger partial charge in [0.05, 0.1) is 25.2 Å². The van der Waals surface area contributed by atoms with Crippen LogP contribution < -0.4 is 10.6 Å². The van der Waals surface area contributed by atoms with Crippen molar-refractivity contribution in [2.75, 3.05) is 32.9 Å². The Bertz CT molecular complexity index is 237. The van der Waals surface area contributed by atoms with Crippen molar-refractivity contribution < 1.29 is 14.3 Å². The van der Waals surface area contributed by atoms with Crippen LogP contribution in [-0.2, 0) is 14.3 Å². The molecule has 5 nitrogen and oxygen atoms in total. The van der Waals surface area contributed by atoms with Crippen molar-refractivity contribution >= 4 is 5.91 Å². The summed E-state index contributed by atoms with van der Waals surface area (Å²) in [5.74, 6) is 0.287. The topological polar surface area (TPSA) is 59.6 Å². The third kappa shape index (κ3) is 3.17. The largest absolute Gasteiger partial charge is 0.379 e. The van der Waals surface area contributed by atoms with Gasteiger partial charge in [0.2, 0.25) is 5.91 Å². The van der Waals surface area contributed by atoms with E-state index in [1.165, 1.54) is 0 Å². The summed E-state index contributed by atoms with van der Waals surface area (Å²) in [4.78, 5) is 11.6. The van der Waals surface area contributed by atoms with Crippen molar-refractivity contribution in [1.82, 2.24) is 10.6 Å². The number of nitrogens with one attached hydrogen (secondary N) is 2. The third-order valence-corrected chi connectivity index (χ3v) is 3.01. The van der Waals surface area contributed by atoms with E-state index >= 15 is 0 Å². The van der Waals surface area contributed by atoms with Crippen molar-refractivity contribution in [3.63, 3.8) is 0 Å². The van der Waals surface area contributed by atoms with Gasteiger partial charge in [0.25, 0.3) is 0 Å². The van der Waals surface area contributed by atoms with Crippen LogP contribution in [0.5, 0.6) is 0 Å². The highest BCUT2D eigenvalue weighted by molar-refractivity contribution is 5.80. The molecule has 0 aliphatic carbocycles. The van der Waals surface area contributed by atoms with Crippen molar-refractivity contribution in [2.24, 2.45) is 5.92 Å². The molecule has 0 radical (unpaired) electrons. The molecule has 1 amide bonds. The number of carbonyl (C=O) groups is 1. The molecule has 0 aromatic carbocycles. The molecule has 5 heteroatoms. The molecule has 2 aliphatic rings. The number of carbonyl (C=O) groups excluding carboxylic acids is 1. The Morgan fingerprint density at radius 2 is 2.44 bits per heavy atom. The van der Waals surface area contributed by atoms with Crippen LogP contribution in [-0.4, -0.2) is 51.0 Å². The van der Waals surface area contributed by atoms with E-state index in [0.717, 1.165) is 26.1 Å². The van der Waals surface area contributed by atoms with Crippen molar-refractivity contribution in [3.05, 3.63) is 0 Å². The van der Waals surface area contributed by atoms with Gasteiger partial charge in [-0.2, -0.15) is 0 Å². The number of ether oxygens (including phenoxy) is 2. The van der Waals surface area contributed by atoms with Gasteiger partial charge in [-0.3, -0.25) is 4.79 Å². The highest BCUT2D eigenvalue weighted by Crippen LogP contribution is 2.08. The highest BCUT2D eigenvalue weighted by Gasteiger charge is 2.26. The van der Waals surface area contributed by atoms with Crippen LogP contribution in [0.15, 0.2) is 0 Å². The average molecular weight is 228 g/mol. The first-order valence-corrected chi connectivity index (χ1v) is 5.96. The van der Waals surface area contributed by atoms with Crippen LogP contribution in [0.3, 0.4) is 0 Å². The maximum absolute atomic E-state index is 11.6. The molecule has 2 aliphatic heterocycles. The van der Waals surface area contributed by atoms with Crippen LogP contribution in [0.4, 0.5) is 0 Å². The van der Waals surface area contributed by atoms with Crippen molar-refractivity contribution in [2.45, 2.75) is 25.5 Å². The number of hydrogen-bond donors (Lipinski definition) is 2. The highest BCUT2D eigenvalue weighted by atomic mass is 16.5. The van der Waals surface area contributed by atoms with Crippen LogP contribution in [0, 0.1) is 5.92 Å². The second kappa shape index (κ2) is 5.61. The first-order valence-electron chi connectivity index (χ1n) is 5.96. The summed E-state index contributed by atoms with van der Waals surface area (Å²) in [6, 6.07) is 0.0775. The van der Waals surface area contributed by atoms with Crippen LogP contribution in [0.2, 0.25) is 0 Å². The molecule has 92 valence electrons. The lowest BCUT2D eigenvalue weighted by Crippen LogP contribution is -2.53. The van der Waals surface area contributed by atoms with E-state index < -0.39 is 0 Å². The quantitative estimate of drug-likeness (QED) is 0.667. The van der Waals surface area contributed by atoms with E-state index in [0.29, 0.717) is 13.2 Å². The van der Waals surface area contributed by atoms with Gasteiger partial charge >= 0.3 is 0 Å². The van der Waals surface area contributed by atoms with E-state index in [4.69, 9.17) is 9.47 Å². The van der Waals surface area contributed by atoms with Crippen LogP contribution in [0.25, 0.3) is 0 Å². The van der Waals surface area contributed by atoms with Gasteiger partial charge in [-0.15, -0.1) is 0 Å². The Morgan fingerprint density at radius 1 is 1.62 bits per heavy atom. The summed E-state index contributed by atoms with van der Waals surface area (Å²) in [7, 11) is 0. The molecular weight excluding hydrogens is 208 g/mol. The smallest absolute Gasteiger partial charge is 0.225 e. The Labute approximate surface area is 95.9 Å². The summed E-state index contributed by atoms with van der Waals surface area (Å²) < 4.78 is 10.9. The fraction of sp³-hybridized carbons (Fsp3) is 0.909. The van der Waals surface area contributed by atoms with E-state index in [1.807, 2.05) is 6.92 Å². The third-order valence-electron chi connectivity index (χ3n) is 3.01. The molecule has 2 saturated heterocycles. The van der Waals surface area contributed by atoms with Gasteiger partial charge in [-0.05, 0) is 13.3 Å². The lowest BCUT2D eigenvalue weighted by atomic mass is 10.0. The molecule has 2 atom stereocenters. The standard InChI is InChI=1S/C11H20N2O3/c1-8(6-16-10-2-3-15-7-10)13-11(14)9-4-12-5-9/h8-10,12H,2-7H2,1H3,(H,13,14). The first-order chi connectivity index (χ1) is 7.75. The van der Waals surface area contributed by atoms with Crippen LogP contribution in [0.1, 0.15) is 13.3 Å². The minimum Gasteiger partial charge on any atom is -0.379 e. The lowest BCUT2D eigenvalue weighted by molar-refractivity contribution is -0.127. The predicted octanol–water partition coefficient (Wildman–Crippen LogP) is -0.484. The molecule has 2 fully saturated rings. The maximum atomic E-state index is 11.6. The van der Waals surface area contributed by atoms with E-state index in [1.54, 1.807) is 0 Å². The Balaban J connectivity index is 1.59. The zero-order valence-corrected chi connectivity index (χ0v) is 9.70. The van der Waals surface area contributed by atoms with E-state index in [9.17, 15) is 4.79 Å². The first kappa shape index (κ1) is 11.8. The molecule has 2 unspecified atom stereocenters. The molecule has 2 rings (SSSR count). The fourth-order valence-corrected chi connectivity index (χ4v) is 1.80. The Morgan fingerprint density at radius 3 is 3.00 bits per heavy atom. The molecule has 16 heavy (non-hydrogen) atoms. The SMILES string of the molecule is CC(COC1CCOC1)NC(=O)C1CNC1. The molecular formula is C11H20N2O3. The summed E-state index contributed by atoms with van der Waals surface area (Å²) in [6.45, 7) is 5.62. The maximum Gasteiger partial charge on any atom is 0.225 e. The van der Waals surface area contributed by atoms with Crippen LogP contribution >= 0.6 is 0 Å². The minimum absolute atomic E-state index is 0.0775. The molecule has 0 aromatic heterocycles. The van der Waals surface area contributed by atoms with Gasteiger partial charge in [0.1, 0.15) is 0 Å². The number of rotatable bonds is 5. The molecule has 0 spiro atoms. The zero-order chi connectivity index (χ0) is 11.4. The molecule has 2 heterocycles. The molecule has 0 saturated carbocycles. The molecule has 2 N–H and O–H groups in total. The number of hydrogen-bond acceptors (Lipinski definition) is 4. The monoisotopic (exact) mass is 228 g/mol. The van der Waals surface area contributed by atoms with Gasteiger partial charge in [0.15, 0.2) is 0 Å². The summed E-state index contributed by atoms with van der Waals surface area (Å²) in [5.41, 5.74) is 0. The zero-order valence-electron chi connectivity index (χ0n) is 9.70. The lowest BCUT2D eigenvalue weighted by Gasteiger charge is -2.27. The van der Waals surface area contributed by atoms with Crippen molar-refractivity contribution in [3.8, 4) is 0 Å². The number of amides is 1. The van der Waals surface area contributed by atoms with Gasteiger partial charge in [0, 0.05) is 25.7 Å². The Kier molecular flexibility index (Phi) is 4.15. The Hall–Kier alpha value is -0.650. The molecule has 0 bridgehead atoms. The summed E-state index contributed by atoms with van der Waals surface area (Å²) >= 11 is 0. The second-order valence-corrected chi connectivity index (χ2v) is 4.58. The van der Waals surface area contributed by atoms with Gasteiger partial charge in [-0.25, -0.2) is 0 Å². The van der Waals surface area contributed by atoms with E-state index in [-0.39, 0.29) is 24.0 Å². The molecule has 0 aromatic rings. The van der Waals surface area contributed by atoms with Gasteiger partial charge in [-0.1, -0.05) is 0 Å². The van der Waals surface area contributed by atoms with Crippen molar-refractivity contribution in [1.29, 1.82) is 0 Å². The second-order valence-electron chi connectivity index (χ2n) is 4.58. The normalized spacial score (nSPS) is 27.4. The van der Waals surface area contributed by atoms with E-state index in [2.05, 4.69) is 10.6 Å². The average Bonchev–Trinajstić information content (AvgIpc) is 2.63. The minimum atomic E-state index is 0.0775. The summed E-state index contributed by atoms with van der Waals surface area (Å²) in [6.07, 6.45) is 1.18. The van der Waals surface area contributed by atoms with Gasteiger partial charge < -0.3 is 20.1 Å².